The molecular weight excluding hydrogens is 240 g/mol. The van der Waals surface area contributed by atoms with E-state index in [1.54, 1.807) is 0 Å². The van der Waals surface area contributed by atoms with Crippen LogP contribution in [-0.4, -0.2) is 18.1 Å². The zero-order valence-corrected chi connectivity index (χ0v) is 13.9. The first kappa shape index (κ1) is 16.1. The van der Waals surface area contributed by atoms with Crippen molar-refractivity contribution in [3.8, 4) is 0 Å². The molecule has 0 aliphatic rings. The average molecular weight is 265 g/mol. The lowest BCUT2D eigenvalue weighted by molar-refractivity contribution is 0.603. The van der Waals surface area contributed by atoms with Gasteiger partial charge in [-0.2, -0.15) is 0 Å². The van der Waals surface area contributed by atoms with Crippen LogP contribution in [0.1, 0.15) is 11.1 Å². The van der Waals surface area contributed by atoms with E-state index in [0.717, 1.165) is 11.1 Å². The first-order valence-electron chi connectivity index (χ1n) is 5.92. The van der Waals surface area contributed by atoms with Gasteiger partial charge in [-0.05, 0) is 30.8 Å². The van der Waals surface area contributed by atoms with Crippen LogP contribution in [0.15, 0.2) is 37.4 Å². The van der Waals surface area contributed by atoms with E-state index in [0.29, 0.717) is 0 Å². The molecule has 0 aliphatic heterocycles. The molecule has 0 aromatic heterocycles. The summed E-state index contributed by atoms with van der Waals surface area (Å²) < 4.78 is 5.51. The van der Waals surface area contributed by atoms with Gasteiger partial charge in [0.25, 0.3) is 0 Å². The largest absolute Gasteiger partial charge is 0.461 e. The third-order valence-corrected chi connectivity index (χ3v) is 6.63. The summed E-state index contributed by atoms with van der Waals surface area (Å²) in [6.45, 7) is 16.2. The van der Waals surface area contributed by atoms with E-state index < -0.39 is 8.32 Å². The molecule has 0 spiro atoms. The monoisotopic (exact) mass is 264 g/mol. The van der Waals surface area contributed by atoms with Crippen molar-refractivity contribution in [2.75, 3.05) is 0 Å². The summed E-state index contributed by atoms with van der Waals surface area (Å²) in [5, 5.41) is 0. The van der Waals surface area contributed by atoms with Crippen molar-refractivity contribution >= 4 is 30.2 Å². The quantitative estimate of drug-likeness (QED) is 0.749. The van der Waals surface area contributed by atoms with Crippen LogP contribution in [0.5, 0.6) is 0 Å². The highest BCUT2D eigenvalue weighted by atomic mass is 28.4. The molecule has 0 fully saturated rings. The zero-order valence-electron chi connectivity index (χ0n) is 11.5. The van der Waals surface area contributed by atoms with Crippen molar-refractivity contribution in [3.05, 3.63) is 48.6 Å². The Bertz CT molecular complexity index is 326. The van der Waals surface area contributed by atoms with Crippen molar-refractivity contribution < 1.29 is 4.12 Å². The van der Waals surface area contributed by atoms with E-state index in [4.69, 9.17) is 4.12 Å². The highest BCUT2D eigenvalue weighted by molar-refractivity contribution is 6.73. The first-order valence-corrected chi connectivity index (χ1v) is 11.3. The van der Waals surface area contributed by atoms with Crippen LogP contribution >= 0.6 is 0 Å². The van der Waals surface area contributed by atoms with Gasteiger partial charge in [-0.3, -0.25) is 0 Å². The van der Waals surface area contributed by atoms with Crippen LogP contribution < -0.4 is 0 Å². The highest BCUT2D eigenvalue weighted by Crippen LogP contribution is 2.10. The number of rotatable bonds is 4. The van der Waals surface area contributed by atoms with Gasteiger partial charge in [-0.25, -0.2) is 0 Å². The number of benzene rings is 1. The van der Waals surface area contributed by atoms with Crippen LogP contribution in [-0.2, 0) is 4.12 Å². The minimum atomic E-state index is -1.10. The van der Waals surface area contributed by atoms with Crippen molar-refractivity contribution in [1.29, 1.82) is 0 Å². The fourth-order valence-corrected chi connectivity index (χ4v) is 4.78. The van der Waals surface area contributed by atoms with Crippen LogP contribution in [0, 0.1) is 0 Å². The lowest BCUT2D eigenvalue weighted by Gasteiger charge is -2.14. The number of hydrogen-bond acceptors (Lipinski definition) is 1. The molecule has 1 nitrogen and oxygen atoms in total. The minimum absolute atomic E-state index is 0.128. The topological polar surface area (TPSA) is 9.23 Å². The Morgan fingerprint density at radius 1 is 1.06 bits per heavy atom. The standard InChI is InChI=1S/C10H10.C4H14OSi2/c1-3-9-7-5-6-8-10(9)4-2;1-6-5-7(2,3)4/h3-8H,1-2H2;6H2,1-4H3. The van der Waals surface area contributed by atoms with Crippen LogP contribution in [0.25, 0.3) is 12.2 Å². The van der Waals surface area contributed by atoms with E-state index in [1.807, 2.05) is 36.4 Å². The Kier molecular flexibility index (Phi) is 7.79. The van der Waals surface area contributed by atoms with Crippen molar-refractivity contribution in [2.45, 2.75) is 26.2 Å². The average Bonchev–Trinajstić information content (AvgIpc) is 2.28. The first-order chi connectivity index (χ1) is 7.94. The molecule has 3 heteroatoms. The van der Waals surface area contributed by atoms with Gasteiger partial charge in [0.1, 0.15) is 9.76 Å². The van der Waals surface area contributed by atoms with E-state index >= 15 is 0 Å². The molecule has 1 aromatic rings. The summed E-state index contributed by atoms with van der Waals surface area (Å²) in [7, 11) is -1.22. The molecule has 0 bridgehead atoms. The second-order valence-electron chi connectivity index (χ2n) is 4.58. The Morgan fingerprint density at radius 3 is 1.65 bits per heavy atom. The lowest BCUT2D eigenvalue weighted by atomic mass is 10.1. The van der Waals surface area contributed by atoms with Gasteiger partial charge in [-0.15, -0.1) is 0 Å². The second kappa shape index (κ2) is 8.22. The van der Waals surface area contributed by atoms with Gasteiger partial charge >= 0.3 is 0 Å². The lowest BCUT2D eigenvalue weighted by Crippen LogP contribution is -2.26. The van der Waals surface area contributed by atoms with Gasteiger partial charge in [0, 0.05) is 0 Å². The molecule has 0 heterocycles. The summed E-state index contributed by atoms with van der Waals surface area (Å²) in [5.41, 5.74) is 2.27. The molecule has 0 unspecified atom stereocenters. The van der Waals surface area contributed by atoms with E-state index in [9.17, 15) is 0 Å². The van der Waals surface area contributed by atoms with Crippen LogP contribution in [0.3, 0.4) is 0 Å². The second-order valence-corrected chi connectivity index (χ2v) is 10.5. The van der Waals surface area contributed by atoms with Gasteiger partial charge in [0.2, 0.25) is 0 Å². The van der Waals surface area contributed by atoms with Gasteiger partial charge < -0.3 is 4.12 Å². The molecule has 0 radical (unpaired) electrons. The molecule has 1 rings (SSSR count). The molecule has 1 aromatic carbocycles. The summed E-state index contributed by atoms with van der Waals surface area (Å²) in [5.74, 6) is 0. The van der Waals surface area contributed by atoms with E-state index in [2.05, 4.69) is 39.3 Å². The van der Waals surface area contributed by atoms with E-state index in [1.165, 1.54) is 0 Å². The molecule has 0 amide bonds. The normalized spacial score (nSPS) is 10.8. The Morgan fingerprint density at radius 2 is 1.47 bits per heavy atom. The van der Waals surface area contributed by atoms with Crippen molar-refractivity contribution in [2.24, 2.45) is 0 Å². The Labute approximate surface area is 109 Å². The molecular formula is C14H24OSi2. The molecule has 0 N–H and O–H groups in total. The summed E-state index contributed by atoms with van der Waals surface area (Å²) >= 11 is 0. The number of hydrogen-bond donors (Lipinski definition) is 0. The molecule has 0 atom stereocenters. The summed E-state index contributed by atoms with van der Waals surface area (Å²) in [6, 6.07) is 8.02. The summed E-state index contributed by atoms with van der Waals surface area (Å²) in [6.07, 6.45) is 3.66. The fourth-order valence-electron chi connectivity index (χ4n) is 1.32. The van der Waals surface area contributed by atoms with Gasteiger partial charge in [0.15, 0.2) is 8.32 Å². The van der Waals surface area contributed by atoms with Crippen molar-refractivity contribution in [3.63, 3.8) is 0 Å². The third-order valence-electron chi connectivity index (χ3n) is 2.01. The SMILES string of the molecule is C=Cc1ccccc1C=C.C[SiH2]O[Si](C)(C)C. The molecule has 94 valence electrons. The predicted molar refractivity (Wildman–Crippen MR) is 85.5 cm³/mol. The highest BCUT2D eigenvalue weighted by Gasteiger charge is 2.10. The molecule has 0 saturated heterocycles. The summed E-state index contributed by atoms with van der Waals surface area (Å²) in [4.78, 5) is 0. The maximum Gasteiger partial charge on any atom is 0.169 e. The zero-order chi connectivity index (χ0) is 13.3. The van der Waals surface area contributed by atoms with E-state index in [-0.39, 0.29) is 9.76 Å². The molecule has 17 heavy (non-hydrogen) atoms. The minimum Gasteiger partial charge on any atom is -0.461 e. The van der Waals surface area contributed by atoms with Crippen LogP contribution in [0.4, 0.5) is 0 Å². The van der Waals surface area contributed by atoms with Gasteiger partial charge in [-0.1, -0.05) is 56.1 Å². The maximum absolute atomic E-state index is 5.51. The smallest absolute Gasteiger partial charge is 0.169 e. The predicted octanol–water partition coefficient (Wildman–Crippen LogP) is 3.94. The van der Waals surface area contributed by atoms with Gasteiger partial charge in [0.05, 0.1) is 0 Å². The molecule has 0 aliphatic carbocycles. The third kappa shape index (κ3) is 7.90. The fraction of sp³-hybridized carbons (Fsp3) is 0.286. The Hall–Kier alpha value is -0.906. The molecule has 0 saturated carbocycles. The maximum atomic E-state index is 5.51. The van der Waals surface area contributed by atoms with Crippen LogP contribution in [0.2, 0.25) is 26.2 Å². The van der Waals surface area contributed by atoms with Crippen molar-refractivity contribution in [1.82, 2.24) is 0 Å². The Balaban J connectivity index is 0.000000325.